The standard InChI is InChI=1S/C19H14ClN3O6S/c20-13-7-11(5-6-15(13)29-10-17(21)24)8-16-18(25)22(19(26)30-16)9-12-3-1-2-4-14(12)23(27)28/h1-8H,9-10H2,(H2,21,24)/b16-8-. The van der Waals surface area contributed by atoms with Crippen LogP contribution < -0.4 is 10.5 Å². The lowest BCUT2D eigenvalue weighted by Gasteiger charge is -2.12. The van der Waals surface area contributed by atoms with Gasteiger partial charge in [0.2, 0.25) is 0 Å². The fraction of sp³-hybridized carbons (Fsp3) is 0.105. The van der Waals surface area contributed by atoms with Crippen LogP contribution in [0.15, 0.2) is 47.4 Å². The van der Waals surface area contributed by atoms with Crippen LogP contribution in [0, 0.1) is 10.1 Å². The molecule has 1 saturated heterocycles. The van der Waals surface area contributed by atoms with Gasteiger partial charge in [0.15, 0.2) is 6.61 Å². The van der Waals surface area contributed by atoms with Crippen LogP contribution in [0.5, 0.6) is 5.75 Å². The molecule has 0 spiro atoms. The lowest BCUT2D eigenvalue weighted by atomic mass is 10.1. The second-order valence-corrected chi connectivity index (χ2v) is 7.50. The third-order valence-corrected chi connectivity index (χ3v) is 5.22. The highest BCUT2D eigenvalue weighted by Crippen LogP contribution is 2.35. The number of ether oxygens (including phenoxy) is 1. The van der Waals surface area contributed by atoms with Gasteiger partial charge >= 0.3 is 0 Å². The molecule has 3 amide bonds. The van der Waals surface area contributed by atoms with E-state index in [2.05, 4.69) is 0 Å². The Labute approximate surface area is 179 Å². The second kappa shape index (κ2) is 8.97. The van der Waals surface area contributed by atoms with E-state index < -0.39 is 22.0 Å². The number of carbonyl (C=O) groups is 3. The summed E-state index contributed by atoms with van der Waals surface area (Å²) in [6, 6.07) is 10.5. The lowest BCUT2D eigenvalue weighted by Crippen LogP contribution is -2.27. The van der Waals surface area contributed by atoms with Crippen molar-refractivity contribution >= 4 is 52.2 Å². The van der Waals surface area contributed by atoms with Crippen molar-refractivity contribution in [3.63, 3.8) is 0 Å². The molecule has 154 valence electrons. The molecule has 1 fully saturated rings. The Bertz CT molecular complexity index is 1090. The molecule has 30 heavy (non-hydrogen) atoms. The number of nitrogens with zero attached hydrogens (tertiary/aromatic N) is 2. The van der Waals surface area contributed by atoms with Gasteiger partial charge in [-0.1, -0.05) is 35.9 Å². The van der Waals surface area contributed by atoms with Crippen LogP contribution in [0.2, 0.25) is 5.02 Å². The highest BCUT2D eigenvalue weighted by Gasteiger charge is 2.36. The molecule has 9 nitrogen and oxygen atoms in total. The van der Waals surface area contributed by atoms with E-state index in [1.54, 1.807) is 12.1 Å². The predicted octanol–water partition coefficient (Wildman–Crippen LogP) is 3.35. The number of nitro groups is 1. The number of amides is 3. The maximum atomic E-state index is 12.7. The van der Waals surface area contributed by atoms with Crippen LogP contribution in [-0.4, -0.2) is 33.5 Å². The third kappa shape index (κ3) is 4.78. The number of carbonyl (C=O) groups excluding carboxylic acids is 3. The Morgan fingerprint density at radius 3 is 2.67 bits per heavy atom. The third-order valence-electron chi connectivity index (χ3n) is 4.01. The minimum atomic E-state index is -0.650. The zero-order chi connectivity index (χ0) is 21.8. The van der Waals surface area contributed by atoms with Crippen molar-refractivity contribution in [2.24, 2.45) is 5.73 Å². The summed E-state index contributed by atoms with van der Waals surface area (Å²) in [5, 5.41) is 10.8. The first-order chi connectivity index (χ1) is 14.3. The van der Waals surface area contributed by atoms with Gasteiger partial charge in [-0.05, 0) is 35.5 Å². The molecule has 0 bridgehead atoms. The van der Waals surface area contributed by atoms with E-state index in [9.17, 15) is 24.5 Å². The van der Waals surface area contributed by atoms with Crippen LogP contribution in [0.4, 0.5) is 10.5 Å². The van der Waals surface area contributed by atoms with Crippen molar-refractivity contribution in [3.05, 3.63) is 73.6 Å². The largest absolute Gasteiger partial charge is 0.482 e. The Morgan fingerprint density at radius 1 is 1.27 bits per heavy atom. The summed E-state index contributed by atoms with van der Waals surface area (Å²) < 4.78 is 5.16. The zero-order valence-electron chi connectivity index (χ0n) is 15.2. The Morgan fingerprint density at radius 2 is 2.00 bits per heavy atom. The molecular formula is C19H14ClN3O6S. The van der Waals surface area contributed by atoms with E-state index in [0.29, 0.717) is 5.56 Å². The number of hydrogen-bond acceptors (Lipinski definition) is 7. The number of para-hydroxylation sites is 1. The summed E-state index contributed by atoms with van der Waals surface area (Å²) in [4.78, 5) is 47.5. The van der Waals surface area contributed by atoms with Gasteiger partial charge in [-0.15, -0.1) is 0 Å². The van der Waals surface area contributed by atoms with Crippen molar-refractivity contribution in [2.75, 3.05) is 6.61 Å². The number of benzene rings is 2. The molecule has 0 aliphatic carbocycles. The van der Waals surface area contributed by atoms with E-state index in [-0.39, 0.29) is 40.1 Å². The quantitative estimate of drug-likeness (QED) is 0.391. The van der Waals surface area contributed by atoms with Crippen molar-refractivity contribution < 1.29 is 24.0 Å². The van der Waals surface area contributed by atoms with Gasteiger partial charge in [0, 0.05) is 11.6 Å². The molecule has 1 aliphatic rings. The van der Waals surface area contributed by atoms with Crippen molar-refractivity contribution in [1.29, 1.82) is 0 Å². The average Bonchev–Trinajstić information content (AvgIpc) is 2.95. The molecule has 2 aromatic rings. The maximum Gasteiger partial charge on any atom is 0.293 e. The number of hydrogen-bond donors (Lipinski definition) is 1. The Balaban J connectivity index is 1.79. The molecule has 2 aromatic carbocycles. The summed E-state index contributed by atoms with van der Waals surface area (Å²) in [6.07, 6.45) is 1.48. The molecule has 2 N–H and O–H groups in total. The summed E-state index contributed by atoms with van der Waals surface area (Å²) in [6.45, 7) is -0.538. The lowest BCUT2D eigenvalue weighted by molar-refractivity contribution is -0.385. The first-order valence-electron chi connectivity index (χ1n) is 8.44. The van der Waals surface area contributed by atoms with Gasteiger partial charge < -0.3 is 10.5 Å². The molecule has 0 atom stereocenters. The number of imide groups is 1. The molecule has 1 heterocycles. The normalized spacial score (nSPS) is 15.0. The van der Waals surface area contributed by atoms with Crippen LogP contribution in [0.25, 0.3) is 6.08 Å². The predicted molar refractivity (Wildman–Crippen MR) is 111 cm³/mol. The average molecular weight is 448 g/mol. The maximum absolute atomic E-state index is 12.7. The van der Waals surface area contributed by atoms with Crippen LogP contribution in [0.3, 0.4) is 0 Å². The van der Waals surface area contributed by atoms with Crippen LogP contribution in [-0.2, 0) is 16.1 Å². The molecule has 0 saturated carbocycles. The second-order valence-electron chi connectivity index (χ2n) is 6.10. The summed E-state index contributed by atoms with van der Waals surface area (Å²) in [5.41, 5.74) is 5.64. The van der Waals surface area contributed by atoms with Gasteiger partial charge in [0.1, 0.15) is 5.75 Å². The number of nitro benzene ring substituents is 1. The Kier molecular flexibility index (Phi) is 6.38. The molecular weight excluding hydrogens is 434 g/mol. The first kappa shape index (κ1) is 21.3. The topological polar surface area (TPSA) is 133 Å². The molecule has 0 unspecified atom stereocenters. The van der Waals surface area contributed by atoms with Gasteiger partial charge in [-0.3, -0.25) is 29.4 Å². The summed E-state index contributed by atoms with van der Waals surface area (Å²) >= 11 is 6.83. The van der Waals surface area contributed by atoms with Crippen molar-refractivity contribution in [2.45, 2.75) is 6.54 Å². The van der Waals surface area contributed by atoms with Gasteiger partial charge in [0.05, 0.1) is 21.4 Å². The highest BCUT2D eigenvalue weighted by atomic mass is 35.5. The fourth-order valence-electron chi connectivity index (χ4n) is 2.65. The van der Waals surface area contributed by atoms with Gasteiger partial charge in [0.25, 0.3) is 22.7 Å². The minimum Gasteiger partial charge on any atom is -0.482 e. The SMILES string of the molecule is NC(=O)COc1ccc(/C=C2\SC(=O)N(Cc3ccccc3[N+](=O)[O-])C2=O)cc1Cl. The fourth-order valence-corrected chi connectivity index (χ4v) is 3.74. The van der Waals surface area contributed by atoms with Crippen molar-refractivity contribution in [3.8, 4) is 5.75 Å². The highest BCUT2D eigenvalue weighted by molar-refractivity contribution is 8.18. The summed E-state index contributed by atoms with van der Waals surface area (Å²) in [5.74, 6) is -0.965. The minimum absolute atomic E-state index is 0.153. The van der Waals surface area contributed by atoms with E-state index in [1.807, 2.05) is 0 Å². The number of halogens is 1. The van der Waals surface area contributed by atoms with E-state index in [1.165, 1.54) is 36.4 Å². The smallest absolute Gasteiger partial charge is 0.293 e. The number of nitrogens with two attached hydrogens (primary N) is 1. The monoisotopic (exact) mass is 447 g/mol. The first-order valence-corrected chi connectivity index (χ1v) is 9.64. The Hall–Kier alpha value is -3.37. The van der Waals surface area contributed by atoms with Crippen LogP contribution >= 0.6 is 23.4 Å². The molecule has 0 aromatic heterocycles. The van der Waals surface area contributed by atoms with Crippen molar-refractivity contribution in [1.82, 2.24) is 4.90 Å². The number of rotatable bonds is 7. The molecule has 1 aliphatic heterocycles. The number of thioether (sulfide) groups is 1. The molecule has 3 rings (SSSR count). The summed E-state index contributed by atoms with van der Waals surface area (Å²) in [7, 11) is 0. The van der Waals surface area contributed by atoms with E-state index >= 15 is 0 Å². The zero-order valence-corrected chi connectivity index (χ0v) is 16.8. The van der Waals surface area contributed by atoms with E-state index in [4.69, 9.17) is 22.1 Å². The van der Waals surface area contributed by atoms with Gasteiger partial charge in [-0.2, -0.15) is 0 Å². The van der Waals surface area contributed by atoms with Crippen LogP contribution in [0.1, 0.15) is 11.1 Å². The molecule has 0 radical (unpaired) electrons. The van der Waals surface area contributed by atoms with E-state index in [0.717, 1.165) is 16.7 Å². The molecule has 11 heteroatoms. The number of primary amides is 1. The van der Waals surface area contributed by atoms with Gasteiger partial charge in [-0.25, -0.2) is 0 Å².